The number of hydrogen-bond donors (Lipinski definition) is 0. The van der Waals surface area contributed by atoms with Crippen molar-refractivity contribution in [2.45, 2.75) is 0 Å². The first-order valence-corrected chi connectivity index (χ1v) is 12.9. The molecule has 4 aromatic heterocycles. The monoisotopic (exact) mass is 544 g/mol. The Bertz CT molecular complexity index is 2010. The summed E-state index contributed by atoms with van der Waals surface area (Å²) in [5.74, 6) is 0.868. The summed E-state index contributed by atoms with van der Waals surface area (Å²) in [6.07, 6.45) is 0. The Morgan fingerprint density at radius 1 is 0.262 bits per heavy atom. The molecule has 8 aromatic rings. The molecule has 0 atom stereocenters. The van der Waals surface area contributed by atoms with Crippen molar-refractivity contribution in [2.24, 2.45) is 0 Å². The van der Waals surface area contributed by atoms with E-state index in [2.05, 4.69) is 40.8 Å². The molecule has 0 amide bonds. The van der Waals surface area contributed by atoms with Crippen molar-refractivity contribution in [1.29, 1.82) is 0 Å². The minimum absolute atomic E-state index is 0.217. The van der Waals surface area contributed by atoms with Crippen LogP contribution in [0.25, 0.3) is 55.3 Å². The molecule has 0 spiro atoms. The normalized spacial score (nSPS) is 11.3. The van der Waals surface area contributed by atoms with Crippen LogP contribution < -0.4 is 0 Å². The molecular weight excluding hydrogens is 528 g/mol. The fraction of sp³-hybridized carbons (Fsp3) is 0. The highest BCUT2D eigenvalue weighted by atomic mass is 15.2. The zero-order chi connectivity index (χ0) is 27.9. The van der Waals surface area contributed by atoms with Gasteiger partial charge in [-0.25, -0.2) is 19.9 Å². The van der Waals surface area contributed by atoms with Gasteiger partial charge in [0.05, 0.1) is 33.2 Å². The molecule has 0 aliphatic rings. The first kappa shape index (κ1) is 23.6. The van der Waals surface area contributed by atoms with Gasteiger partial charge in [0.2, 0.25) is 0 Å². The van der Waals surface area contributed by atoms with Gasteiger partial charge < -0.3 is 0 Å². The molecule has 0 bridgehead atoms. The van der Waals surface area contributed by atoms with Crippen LogP contribution in [0, 0.1) is 0 Å². The van der Waals surface area contributed by atoms with Gasteiger partial charge in [0.15, 0.2) is 23.3 Å². The Kier molecular flexibility index (Phi) is 5.45. The predicted octanol–water partition coefficient (Wildman–Crippen LogP) is 4.05. The number of aromatic nitrogens is 12. The number of para-hydroxylation sites is 4. The molecule has 8 rings (SSSR count). The largest absolute Gasteiger partial charge is 0.225 e. The highest BCUT2D eigenvalue weighted by molar-refractivity contribution is 6.00. The molecule has 0 radical (unpaired) electrons. The van der Waals surface area contributed by atoms with Crippen molar-refractivity contribution in [2.75, 3.05) is 0 Å². The average molecular weight is 545 g/mol. The molecule has 0 N–H and O–H groups in total. The van der Waals surface area contributed by atoms with Gasteiger partial charge in [-0.05, 0) is 48.5 Å². The van der Waals surface area contributed by atoms with E-state index in [4.69, 9.17) is 19.9 Å². The van der Waals surface area contributed by atoms with Crippen molar-refractivity contribution in [3.8, 4) is 0 Å². The molecule has 0 aliphatic carbocycles. The van der Waals surface area contributed by atoms with E-state index < -0.39 is 0 Å². The molecule has 196 valence electrons. The van der Waals surface area contributed by atoms with Crippen LogP contribution in [0.1, 0.15) is 23.3 Å². The van der Waals surface area contributed by atoms with Crippen LogP contribution >= 0.6 is 0 Å². The molecule has 12 heteroatoms. The number of fused-ring (bicyclic) bond motifs is 4. The van der Waals surface area contributed by atoms with Gasteiger partial charge in [0.1, 0.15) is 22.1 Å². The quantitative estimate of drug-likeness (QED) is 0.314. The molecular formula is C30H16N12. The summed E-state index contributed by atoms with van der Waals surface area (Å²) in [5, 5.41) is 35.6. The topological polar surface area (TPSA) is 155 Å². The lowest BCUT2D eigenvalue weighted by Gasteiger charge is -2.12. The van der Waals surface area contributed by atoms with E-state index >= 15 is 0 Å². The lowest BCUT2D eigenvalue weighted by Crippen LogP contribution is -2.11. The van der Waals surface area contributed by atoms with Gasteiger partial charge in [-0.2, -0.15) is 0 Å². The van der Waals surface area contributed by atoms with Gasteiger partial charge in [0, 0.05) is 0 Å². The second-order valence-electron chi connectivity index (χ2n) is 9.25. The molecule has 0 unspecified atom stereocenters. The SMILES string of the molecule is c1ccc2nc(C(=C(c3nnc4ccccc4n3)c3nnc4ccccc4n3)c3nnc4ccccc4n3)nnc2c1. The van der Waals surface area contributed by atoms with E-state index in [1.54, 1.807) is 0 Å². The van der Waals surface area contributed by atoms with E-state index in [9.17, 15) is 0 Å². The van der Waals surface area contributed by atoms with E-state index in [-0.39, 0.29) is 23.3 Å². The minimum Gasteiger partial charge on any atom is -0.225 e. The third-order valence-electron chi connectivity index (χ3n) is 6.59. The fourth-order valence-corrected chi connectivity index (χ4v) is 4.59. The first-order chi connectivity index (χ1) is 20.8. The molecule has 0 saturated heterocycles. The van der Waals surface area contributed by atoms with Crippen LogP contribution in [-0.4, -0.2) is 60.7 Å². The maximum absolute atomic E-state index is 4.84. The second kappa shape index (κ2) is 9.71. The first-order valence-electron chi connectivity index (χ1n) is 12.9. The molecule has 42 heavy (non-hydrogen) atoms. The summed E-state index contributed by atoms with van der Waals surface area (Å²) < 4.78 is 0. The number of nitrogens with zero attached hydrogens (tertiary/aromatic N) is 12. The van der Waals surface area contributed by atoms with E-state index in [0.717, 1.165) is 0 Å². The van der Waals surface area contributed by atoms with Crippen LogP contribution in [0.15, 0.2) is 97.1 Å². The van der Waals surface area contributed by atoms with Crippen molar-refractivity contribution in [3.63, 3.8) is 0 Å². The number of rotatable bonds is 4. The van der Waals surface area contributed by atoms with Crippen molar-refractivity contribution >= 4 is 55.3 Å². The molecule has 4 heterocycles. The average Bonchev–Trinajstić information content (AvgIpc) is 3.06. The van der Waals surface area contributed by atoms with Crippen LogP contribution in [-0.2, 0) is 0 Å². The van der Waals surface area contributed by atoms with Crippen molar-refractivity contribution in [3.05, 3.63) is 120 Å². The van der Waals surface area contributed by atoms with Crippen molar-refractivity contribution in [1.82, 2.24) is 60.7 Å². The standard InChI is InChI=1S/C30H16N12/c1-5-13-21-17(9-1)31-27(39-35-21)25(28-32-18-10-2-6-14-22(18)36-40-28)26(29-33-19-11-3-7-15-23(19)37-41-29)30-34-20-12-4-8-16-24(20)38-42-30/h1-16H. The highest BCUT2D eigenvalue weighted by Crippen LogP contribution is 2.32. The molecule has 0 fully saturated rings. The summed E-state index contributed by atoms with van der Waals surface area (Å²) in [4.78, 5) is 19.3. The lowest BCUT2D eigenvalue weighted by atomic mass is 10.0. The van der Waals surface area contributed by atoms with E-state index in [1.165, 1.54) is 0 Å². The Morgan fingerprint density at radius 2 is 0.476 bits per heavy atom. The van der Waals surface area contributed by atoms with E-state index in [0.29, 0.717) is 55.3 Å². The maximum Gasteiger partial charge on any atom is 0.187 e. The Morgan fingerprint density at radius 3 is 0.714 bits per heavy atom. The van der Waals surface area contributed by atoms with Gasteiger partial charge in [-0.1, -0.05) is 48.5 Å². The van der Waals surface area contributed by atoms with Crippen LogP contribution in [0.2, 0.25) is 0 Å². The Labute approximate surface area is 236 Å². The second-order valence-corrected chi connectivity index (χ2v) is 9.25. The Balaban J connectivity index is 1.51. The Hall–Kier alpha value is -6.30. The van der Waals surface area contributed by atoms with Crippen LogP contribution in [0.5, 0.6) is 0 Å². The van der Waals surface area contributed by atoms with E-state index in [1.807, 2.05) is 97.1 Å². The molecule has 4 aromatic carbocycles. The zero-order valence-electron chi connectivity index (χ0n) is 21.6. The van der Waals surface area contributed by atoms with Crippen LogP contribution in [0.3, 0.4) is 0 Å². The molecule has 0 saturated carbocycles. The van der Waals surface area contributed by atoms with Gasteiger partial charge >= 0.3 is 0 Å². The van der Waals surface area contributed by atoms with Gasteiger partial charge in [-0.3, -0.25) is 0 Å². The zero-order valence-corrected chi connectivity index (χ0v) is 21.6. The lowest BCUT2D eigenvalue weighted by molar-refractivity contribution is 0.935. The fourth-order valence-electron chi connectivity index (χ4n) is 4.59. The smallest absolute Gasteiger partial charge is 0.187 e. The maximum atomic E-state index is 4.84. The summed E-state index contributed by atoms with van der Waals surface area (Å²) in [6.45, 7) is 0. The summed E-state index contributed by atoms with van der Waals surface area (Å²) in [6, 6.07) is 29.8. The number of hydrogen-bond acceptors (Lipinski definition) is 12. The minimum atomic E-state index is 0.217. The summed E-state index contributed by atoms with van der Waals surface area (Å²) in [5.41, 5.74) is 5.71. The molecule has 12 nitrogen and oxygen atoms in total. The third-order valence-corrected chi connectivity index (χ3v) is 6.59. The summed E-state index contributed by atoms with van der Waals surface area (Å²) >= 11 is 0. The van der Waals surface area contributed by atoms with Crippen molar-refractivity contribution < 1.29 is 0 Å². The third kappa shape index (κ3) is 4.10. The van der Waals surface area contributed by atoms with Gasteiger partial charge in [-0.15, -0.1) is 40.8 Å². The van der Waals surface area contributed by atoms with Gasteiger partial charge in [0.25, 0.3) is 0 Å². The molecule has 0 aliphatic heterocycles. The highest BCUT2D eigenvalue weighted by Gasteiger charge is 2.27. The van der Waals surface area contributed by atoms with Crippen LogP contribution in [0.4, 0.5) is 0 Å². The summed E-state index contributed by atoms with van der Waals surface area (Å²) in [7, 11) is 0. The number of benzene rings is 4. The predicted molar refractivity (Wildman–Crippen MR) is 154 cm³/mol.